The summed E-state index contributed by atoms with van der Waals surface area (Å²) in [6, 6.07) is 0. The normalized spacial score (nSPS) is 16.4. The van der Waals surface area contributed by atoms with Gasteiger partial charge in [-0.15, -0.1) is 5.10 Å². The first-order valence-electron chi connectivity index (χ1n) is 4.52. The summed E-state index contributed by atoms with van der Waals surface area (Å²) in [7, 11) is 0. The molecule has 1 aromatic heterocycles. The minimum Gasteiger partial charge on any atom is -0.353 e. The van der Waals surface area contributed by atoms with Crippen molar-refractivity contribution in [2.75, 3.05) is 11.9 Å². The van der Waals surface area contributed by atoms with E-state index in [0.29, 0.717) is 0 Å². The molecule has 66 valence electrons. The van der Waals surface area contributed by atoms with Crippen molar-refractivity contribution in [2.45, 2.75) is 26.3 Å². The van der Waals surface area contributed by atoms with Gasteiger partial charge in [-0.3, -0.25) is 4.68 Å². The third-order valence-electron chi connectivity index (χ3n) is 2.11. The summed E-state index contributed by atoms with van der Waals surface area (Å²) in [6.07, 6.45) is 4.48. The fourth-order valence-corrected chi connectivity index (χ4v) is 1.09. The molecule has 0 bridgehead atoms. The van der Waals surface area contributed by atoms with Crippen LogP contribution in [0, 0.1) is 5.92 Å². The molecule has 4 nitrogen and oxygen atoms in total. The first-order chi connectivity index (χ1) is 5.88. The lowest BCUT2D eigenvalue weighted by molar-refractivity contribution is 0.658. The van der Waals surface area contributed by atoms with Gasteiger partial charge >= 0.3 is 0 Å². The van der Waals surface area contributed by atoms with Crippen LogP contribution in [0.3, 0.4) is 0 Å². The summed E-state index contributed by atoms with van der Waals surface area (Å²) in [6.45, 7) is 3.98. The molecule has 1 aromatic rings. The molecule has 0 amide bonds. The molecule has 0 unspecified atom stereocenters. The molecule has 0 aromatic carbocycles. The zero-order chi connectivity index (χ0) is 8.39. The largest absolute Gasteiger partial charge is 0.353 e. The maximum absolute atomic E-state index is 4.22. The fraction of sp³-hybridized carbons (Fsp3) is 0.750. The van der Waals surface area contributed by atoms with E-state index in [0.717, 1.165) is 25.0 Å². The van der Waals surface area contributed by atoms with Gasteiger partial charge in [-0.25, -0.2) is 4.98 Å². The van der Waals surface area contributed by atoms with E-state index in [1.165, 1.54) is 12.8 Å². The minimum atomic E-state index is 0.767. The van der Waals surface area contributed by atoms with E-state index in [2.05, 4.69) is 22.3 Å². The predicted octanol–water partition coefficient (Wildman–Crippen LogP) is 1.12. The van der Waals surface area contributed by atoms with Gasteiger partial charge in [-0.05, 0) is 25.7 Å². The van der Waals surface area contributed by atoms with Crippen LogP contribution in [-0.4, -0.2) is 21.3 Å². The van der Waals surface area contributed by atoms with Gasteiger partial charge in [0.2, 0.25) is 5.95 Å². The lowest BCUT2D eigenvalue weighted by Gasteiger charge is -1.97. The molecule has 0 atom stereocenters. The molecule has 1 aliphatic carbocycles. The van der Waals surface area contributed by atoms with Crippen LogP contribution in [-0.2, 0) is 6.54 Å². The number of rotatable bonds is 4. The van der Waals surface area contributed by atoms with Crippen molar-refractivity contribution in [1.29, 1.82) is 0 Å². The molecular formula is C8H14N4. The highest BCUT2D eigenvalue weighted by Crippen LogP contribution is 2.28. The first-order valence-corrected chi connectivity index (χ1v) is 4.52. The molecule has 1 saturated carbocycles. The van der Waals surface area contributed by atoms with Gasteiger partial charge in [0, 0.05) is 13.1 Å². The molecule has 0 saturated heterocycles. The van der Waals surface area contributed by atoms with E-state index >= 15 is 0 Å². The molecule has 1 heterocycles. The molecule has 1 N–H and O–H groups in total. The van der Waals surface area contributed by atoms with E-state index in [-0.39, 0.29) is 0 Å². The number of aryl methyl sites for hydroxylation is 1. The highest BCUT2D eigenvalue weighted by molar-refractivity contribution is 5.21. The number of hydrogen-bond donors (Lipinski definition) is 1. The summed E-state index contributed by atoms with van der Waals surface area (Å²) >= 11 is 0. The smallest absolute Gasteiger partial charge is 0.242 e. The van der Waals surface area contributed by atoms with Gasteiger partial charge in [0.1, 0.15) is 6.33 Å². The van der Waals surface area contributed by atoms with E-state index in [4.69, 9.17) is 0 Å². The lowest BCUT2D eigenvalue weighted by atomic mass is 10.4. The summed E-state index contributed by atoms with van der Waals surface area (Å²) in [5.74, 6) is 1.64. The highest BCUT2D eigenvalue weighted by atomic mass is 15.4. The number of nitrogens with zero attached hydrogens (tertiary/aromatic N) is 3. The molecule has 2 rings (SSSR count). The van der Waals surface area contributed by atoms with Gasteiger partial charge in [0.15, 0.2) is 0 Å². The number of aromatic nitrogens is 3. The second-order valence-corrected chi connectivity index (χ2v) is 3.25. The average Bonchev–Trinajstić information content (AvgIpc) is 2.81. The molecule has 12 heavy (non-hydrogen) atoms. The molecular weight excluding hydrogens is 152 g/mol. The lowest BCUT2D eigenvalue weighted by Crippen LogP contribution is -2.05. The van der Waals surface area contributed by atoms with Gasteiger partial charge in [-0.2, -0.15) is 0 Å². The Morgan fingerprint density at radius 1 is 1.67 bits per heavy atom. The summed E-state index contributed by atoms with van der Waals surface area (Å²) in [4.78, 5) is 4.13. The van der Waals surface area contributed by atoms with E-state index in [1.54, 1.807) is 6.33 Å². The molecule has 0 spiro atoms. The Hall–Kier alpha value is -1.06. The molecule has 1 fully saturated rings. The monoisotopic (exact) mass is 166 g/mol. The second-order valence-electron chi connectivity index (χ2n) is 3.25. The SMILES string of the molecule is CCn1cnc(NCC2CC2)n1. The van der Waals surface area contributed by atoms with Crippen molar-refractivity contribution in [3.63, 3.8) is 0 Å². The van der Waals surface area contributed by atoms with Gasteiger partial charge in [0.25, 0.3) is 0 Å². The second kappa shape index (κ2) is 3.13. The van der Waals surface area contributed by atoms with Crippen molar-refractivity contribution in [3.05, 3.63) is 6.33 Å². The number of nitrogens with one attached hydrogen (secondary N) is 1. The Labute approximate surface area is 72.0 Å². The first kappa shape index (κ1) is 7.58. The van der Waals surface area contributed by atoms with Crippen molar-refractivity contribution >= 4 is 5.95 Å². The number of anilines is 1. The Balaban J connectivity index is 1.84. The van der Waals surface area contributed by atoms with Crippen LogP contribution in [0.15, 0.2) is 6.33 Å². The molecule has 4 heteroatoms. The Bertz CT molecular complexity index is 251. The zero-order valence-corrected chi connectivity index (χ0v) is 7.32. The minimum absolute atomic E-state index is 0.767. The Morgan fingerprint density at radius 2 is 2.50 bits per heavy atom. The Kier molecular flexibility index (Phi) is 1.98. The van der Waals surface area contributed by atoms with E-state index in [1.807, 2.05) is 4.68 Å². The fourth-order valence-electron chi connectivity index (χ4n) is 1.09. The molecule has 0 aliphatic heterocycles. The molecule has 1 aliphatic rings. The quantitative estimate of drug-likeness (QED) is 0.728. The van der Waals surface area contributed by atoms with Crippen LogP contribution in [0.5, 0.6) is 0 Å². The van der Waals surface area contributed by atoms with Crippen molar-refractivity contribution in [3.8, 4) is 0 Å². The van der Waals surface area contributed by atoms with Crippen LogP contribution in [0.25, 0.3) is 0 Å². The van der Waals surface area contributed by atoms with Crippen LogP contribution in [0.1, 0.15) is 19.8 Å². The van der Waals surface area contributed by atoms with Gasteiger partial charge in [0.05, 0.1) is 0 Å². The third-order valence-corrected chi connectivity index (χ3v) is 2.11. The van der Waals surface area contributed by atoms with Crippen molar-refractivity contribution in [2.24, 2.45) is 5.92 Å². The third kappa shape index (κ3) is 1.75. The summed E-state index contributed by atoms with van der Waals surface area (Å²) in [5, 5.41) is 7.44. The summed E-state index contributed by atoms with van der Waals surface area (Å²) < 4.78 is 1.83. The van der Waals surface area contributed by atoms with Crippen LogP contribution in [0.2, 0.25) is 0 Å². The zero-order valence-electron chi connectivity index (χ0n) is 7.32. The maximum atomic E-state index is 4.22. The van der Waals surface area contributed by atoms with Crippen molar-refractivity contribution < 1.29 is 0 Å². The average molecular weight is 166 g/mol. The highest BCUT2D eigenvalue weighted by Gasteiger charge is 2.20. The van der Waals surface area contributed by atoms with Crippen LogP contribution in [0.4, 0.5) is 5.95 Å². The van der Waals surface area contributed by atoms with Crippen molar-refractivity contribution in [1.82, 2.24) is 14.8 Å². The topological polar surface area (TPSA) is 42.7 Å². The Morgan fingerprint density at radius 3 is 3.08 bits per heavy atom. The molecule has 0 radical (unpaired) electrons. The van der Waals surface area contributed by atoms with Crippen LogP contribution < -0.4 is 5.32 Å². The van der Waals surface area contributed by atoms with Gasteiger partial charge < -0.3 is 5.32 Å². The summed E-state index contributed by atoms with van der Waals surface area (Å²) in [5.41, 5.74) is 0. The number of hydrogen-bond acceptors (Lipinski definition) is 3. The predicted molar refractivity (Wildman–Crippen MR) is 46.9 cm³/mol. The van der Waals surface area contributed by atoms with Gasteiger partial charge in [-0.1, -0.05) is 0 Å². The maximum Gasteiger partial charge on any atom is 0.242 e. The van der Waals surface area contributed by atoms with E-state index in [9.17, 15) is 0 Å². The van der Waals surface area contributed by atoms with Crippen LogP contribution >= 0.6 is 0 Å². The van der Waals surface area contributed by atoms with E-state index < -0.39 is 0 Å². The standard InChI is InChI=1S/C8H14N4/c1-2-12-6-10-8(11-12)9-5-7-3-4-7/h6-7H,2-5H2,1H3,(H,9,11).